The zero-order valence-corrected chi connectivity index (χ0v) is 13.9. The molecule has 5 heteroatoms. The lowest BCUT2D eigenvalue weighted by atomic mass is 9.88. The maximum Gasteiger partial charge on any atom is 0.244 e. The molecule has 2 saturated carbocycles. The fraction of sp³-hybridized carbons (Fsp3) is 0.882. The summed E-state index contributed by atoms with van der Waals surface area (Å²) in [6.45, 7) is 2.09. The topological polar surface area (TPSA) is 69.6 Å². The van der Waals surface area contributed by atoms with E-state index in [2.05, 4.69) is 5.32 Å². The maximum atomic E-state index is 12.4. The van der Waals surface area contributed by atoms with Gasteiger partial charge in [0, 0.05) is 19.5 Å². The smallest absolute Gasteiger partial charge is 0.244 e. The second-order valence-electron chi connectivity index (χ2n) is 7.19. The quantitative estimate of drug-likeness (QED) is 0.814. The predicted molar refractivity (Wildman–Crippen MR) is 85.2 cm³/mol. The summed E-state index contributed by atoms with van der Waals surface area (Å²) in [5, 5.41) is 13.3. The first-order valence-electron chi connectivity index (χ1n) is 8.69. The lowest BCUT2D eigenvalue weighted by Crippen LogP contribution is -2.51. The van der Waals surface area contributed by atoms with Gasteiger partial charge in [0.1, 0.15) is 6.04 Å². The van der Waals surface area contributed by atoms with Crippen LogP contribution in [-0.2, 0) is 9.59 Å². The van der Waals surface area contributed by atoms with Gasteiger partial charge < -0.3 is 15.3 Å². The van der Waals surface area contributed by atoms with E-state index in [4.69, 9.17) is 0 Å². The van der Waals surface area contributed by atoms with Crippen molar-refractivity contribution in [1.29, 1.82) is 0 Å². The molecule has 0 heterocycles. The van der Waals surface area contributed by atoms with Crippen molar-refractivity contribution in [2.45, 2.75) is 76.4 Å². The Kier molecular flexibility index (Phi) is 5.84. The first-order chi connectivity index (χ1) is 10.4. The van der Waals surface area contributed by atoms with Crippen molar-refractivity contribution in [3.63, 3.8) is 0 Å². The molecule has 0 aromatic heterocycles. The van der Waals surface area contributed by atoms with Crippen LogP contribution in [0.25, 0.3) is 0 Å². The molecule has 0 saturated heterocycles. The molecule has 126 valence electrons. The predicted octanol–water partition coefficient (Wildman–Crippen LogP) is 1.83. The second kappa shape index (κ2) is 7.44. The van der Waals surface area contributed by atoms with E-state index >= 15 is 0 Å². The van der Waals surface area contributed by atoms with Gasteiger partial charge in [-0.3, -0.25) is 9.59 Å². The summed E-state index contributed by atoms with van der Waals surface area (Å²) in [6.07, 6.45) is 8.84. The highest BCUT2D eigenvalue weighted by Crippen LogP contribution is 2.30. The van der Waals surface area contributed by atoms with E-state index in [0.29, 0.717) is 6.54 Å². The molecule has 0 radical (unpaired) electrons. The number of hydrogen-bond acceptors (Lipinski definition) is 3. The minimum atomic E-state index is -0.739. The highest BCUT2D eigenvalue weighted by Gasteiger charge is 2.34. The van der Waals surface area contributed by atoms with E-state index in [-0.39, 0.29) is 17.7 Å². The van der Waals surface area contributed by atoms with Crippen LogP contribution in [0.1, 0.15) is 64.7 Å². The van der Waals surface area contributed by atoms with E-state index in [0.717, 1.165) is 51.4 Å². The van der Waals surface area contributed by atoms with Gasteiger partial charge in [0.05, 0.1) is 5.60 Å². The van der Waals surface area contributed by atoms with Crippen molar-refractivity contribution < 1.29 is 14.7 Å². The van der Waals surface area contributed by atoms with Gasteiger partial charge in [0.25, 0.3) is 0 Å². The highest BCUT2D eigenvalue weighted by atomic mass is 16.3. The zero-order valence-electron chi connectivity index (χ0n) is 13.9. The van der Waals surface area contributed by atoms with E-state index in [9.17, 15) is 14.7 Å². The standard InChI is InChI=1S/C17H30N2O3/c1-13(18-15(20)14-8-4-3-5-9-14)16(21)19(2)12-17(22)10-6-7-11-17/h13-14,22H,3-12H2,1-2H3,(H,18,20). The third kappa shape index (κ3) is 4.45. The first-order valence-corrected chi connectivity index (χ1v) is 8.69. The van der Waals surface area contributed by atoms with E-state index < -0.39 is 11.6 Å². The maximum absolute atomic E-state index is 12.4. The Labute approximate surface area is 133 Å². The van der Waals surface area contributed by atoms with E-state index in [1.807, 2.05) is 0 Å². The van der Waals surface area contributed by atoms with Crippen LogP contribution >= 0.6 is 0 Å². The van der Waals surface area contributed by atoms with Crippen LogP contribution in [-0.4, -0.2) is 47.1 Å². The fourth-order valence-corrected chi connectivity index (χ4v) is 3.80. The number of amides is 2. The van der Waals surface area contributed by atoms with Gasteiger partial charge in [-0.05, 0) is 32.6 Å². The summed E-state index contributed by atoms with van der Waals surface area (Å²) in [4.78, 5) is 26.2. The third-order valence-electron chi connectivity index (χ3n) is 5.15. The van der Waals surface area contributed by atoms with Crippen LogP contribution in [0.3, 0.4) is 0 Å². The van der Waals surface area contributed by atoms with Gasteiger partial charge in [0.2, 0.25) is 11.8 Å². The Bertz CT molecular complexity index is 399. The Morgan fingerprint density at radius 2 is 1.77 bits per heavy atom. The molecule has 0 bridgehead atoms. The fourth-order valence-electron chi connectivity index (χ4n) is 3.80. The van der Waals surface area contributed by atoms with Crippen molar-refractivity contribution >= 4 is 11.8 Å². The number of carbonyl (C=O) groups is 2. The Balaban J connectivity index is 1.81. The zero-order chi connectivity index (χ0) is 16.2. The van der Waals surface area contributed by atoms with Crippen LogP contribution in [0.5, 0.6) is 0 Å². The van der Waals surface area contributed by atoms with Crippen LogP contribution < -0.4 is 5.32 Å². The van der Waals surface area contributed by atoms with Crippen molar-refractivity contribution in [2.75, 3.05) is 13.6 Å². The molecule has 5 nitrogen and oxygen atoms in total. The number of aliphatic hydroxyl groups is 1. The third-order valence-corrected chi connectivity index (χ3v) is 5.15. The molecule has 2 fully saturated rings. The lowest BCUT2D eigenvalue weighted by molar-refractivity contribution is -0.138. The summed E-state index contributed by atoms with van der Waals surface area (Å²) in [5.74, 6) is -0.0497. The van der Waals surface area contributed by atoms with Gasteiger partial charge in [0.15, 0.2) is 0 Å². The van der Waals surface area contributed by atoms with Crippen LogP contribution in [0.4, 0.5) is 0 Å². The molecule has 1 unspecified atom stereocenters. The molecule has 2 amide bonds. The van der Waals surface area contributed by atoms with Crippen molar-refractivity contribution in [1.82, 2.24) is 10.2 Å². The van der Waals surface area contributed by atoms with E-state index in [1.165, 1.54) is 6.42 Å². The summed E-state index contributed by atoms with van der Waals surface area (Å²) in [5.41, 5.74) is -0.739. The molecule has 2 N–H and O–H groups in total. The molecule has 2 aliphatic rings. The summed E-state index contributed by atoms with van der Waals surface area (Å²) in [6, 6.07) is -0.524. The minimum absolute atomic E-state index is 0.00790. The van der Waals surface area contributed by atoms with Crippen molar-refractivity contribution in [3.8, 4) is 0 Å². The molecule has 0 aliphatic heterocycles. The van der Waals surface area contributed by atoms with Gasteiger partial charge in [-0.2, -0.15) is 0 Å². The van der Waals surface area contributed by atoms with E-state index in [1.54, 1.807) is 18.9 Å². The molecular formula is C17H30N2O3. The molecule has 2 aliphatic carbocycles. The average molecular weight is 310 g/mol. The Hall–Kier alpha value is -1.10. The summed E-state index contributed by atoms with van der Waals surface area (Å²) in [7, 11) is 1.71. The normalized spacial score (nSPS) is 23.0. The highest BCUT2D eigenvalue weighted by molar-refractivity contribution is 5.88. The molecule has 22 heavy (non-hydrogen) atoms. The number of nitrogens with one attached hydrogen (secondary N) is 1. The Morgan fingerprint density at radius 1 is 1.18 bits per heavy atom. The summed E-state index contributed by atoms with van der Waals surface area (Å²) >= 11 is 0. The van der Waals surface area contributed by atoms with Crippen LogP contribution in [0, 0.1) is 5.92 Å². The molecule has 0 aromatic carbocycles. The molecule has 0 spiro atoms. The molecule has 0 aromatic rings. The molecule has 1 atom stereocenters. The van der Waals surface area contributed by atoms with Crippen LogP contribution in [0.2, 0.25) is 0 Å². The van der Waals surface area contributed by atoms with Crippen molar-refractivity contribution in [3.05, 3.63) is 0 Å². The van der Waals surface area contributed by atoms with Gasteiger partial charge >= 0.3 is 0 Å². The monoisotopic (exact) mass is 310 g/mol. The first kappa shape index (κ1) is 17.3. The largest absolute Gasteiger partial charge is 0.388 e. The SMILES string of the molecule is CC(NC(=O)C1CCCCC1)C(=O)N(C)CC1(O)CCCC1. The van der Waals surface area contributed by atoms with Crippen molar-refractivity contribution in [2.24, 2.45) is 5.92 Å². The Morgan fingerprint density at radius 3 is 2.36 bits per heavy atom. The number of nitrogens with zero attached hydrogens (tertiary/aromatic N) is 1. The minimum Gasteiger partial charge on any atom is -0.388 e. The van der Waals surface area contributed by atoms with Crippen LogP contribution in [0.15, 0.2) is 0 Å². The number of carbonyl (C=O) groups excluding carboxylic acids is 2. The molecule has 2 rings (SSSR count). The number of likely N-dealkylation sites (N-methyl/N-ethyl adjacent to an activating group) is 1. The summed E-state index contributed by atoms with van der Waals surface area (Å²) < 4.78 is 0. The second-order valence-corrected chi connectivity index (χ2v) is 7.19. The van der Waals surface area contributed by atoms with Gasteiger partial charge in [-0.1, -0.05) is 32.1 Å². The lowest BCUT2D eigenvalue weighted by Gasteiger charge is -2.31. The molecular weight excluding hydrogens is 280 g/mol. The number of hydrogen-bond donors (Lipinski definition) is 2. The number of rotatable bonds is 5. The van der Waals surface area contributed by atoms with Gasteiger partial charge in [-0.15, -0.1) is 0 Å². The van der Waals surface area contributed by atoms with Gasteiger partial charge in [-0.25, -0.2) is 0 Å². The average Bonchev–Trinajstić information content (AvgIpc) is 2.93.